The second-order valence-corrected chi connectivity index (χ2v) is 5.98. The first-order valence-electron chi connectivity index (χ1n) is 8.36. The van der Waals surface area contributed by atoms with Crippen molar-refractivity contribution in [3.8, 4) is 11.5 Å². The Morgan fingerprint density at radius 1 is 1.28 bits per heavy atom. The van der Waals surface area contributed by atoms with E-state index in [1.807, 2.05) is 25.1 Å². The third-order valence-corrected chi connectivity index (χ3v) is 4.07. The van der Waals surface area contributed by atoms with E-state index in [4.69, 9.17) is 14.2 Å². The molecule has 0 spiro atoms. The second kappa shape index (κ2) is 8.55. The number of hydrogen-bond acceptors (Lipinski definition) is 5. The van der Waals surface area contributed by atoms with E-state index >= 15 is 0 Å². The second-order valence-electron chi connectivity index (χ2n) is 5.98. The molecule has 2 rings (SSSR count). The number of methoxy groups -OCH3 is 2. The van der Waals surface area contributed by atoms with Crippen molar-refractivity contribution in [2.24, 2.45) is 5.92 Å². The van der Waals surface area contributed by atoms with Gasteiger partial charge in [0.15, 0.2) is 0 Å². The largest absolute Gasteiger partial charge is 0.497 e. The molecule has 0 fully saturated rings. The first kappa shape index (κ1) is 18.8. The Bertz CT molecular complexity index is 668. The van der Waals surface area contributed by atoms with Crippen molar-refractivity contribution in [3.63, 3.8) is 0 Å². The minimum Gasteiger partial charge on any atom is -0.497 e. The van der Waals surface area contributed by atoms with Crippen LogP contribution in [0.25, 0.3) is 0 Å². The van der Waals surface area contributed by atoms with Crippen LogP contribution in [0.5, 0.6) is 11.5 Å². The fourth-order valence-electron chi connectivity index (χ4n) is 2.88. The lowest BCUT2D eigenvalue weighted by atomic mass is 9.98. The zero-order valence-electron chi connectivity index (χ0n) is 15.2. The van der Waals surface area contributed by atoms with Crippen LogP contribution in [-0.2, 0) is 20.9 Å². The van der Waals surface area contributed by atoms with Gasteiger partial charge in [0, 0.05) is 23.7 Å². The molecule has 0 radical (unpaired) electrons. The monoisotopic (exact) mass is 347 g/mol. The van der Waals surface area contributed by atoms with E-state index in [9.17, 15) is 9.59 Å². The maximum absolute atomic E-state index is 12.5. The zero-order valence-corrected chi connectivity index (χ0v) is 15.2. The molecule has 6 nitrogen and oxygen atoms in total. The van der Waals surface area contributed by atoms with E-state index in [2.05, 4.69) is 0 Å². The van der Waals surface area contributed by atoms with Crippen LogP contribution in [0.1, 0.15) is 32.3 Å². The Morgan fingerprint density at radius 2 is 2.04 bits per heavy atom. The molecule has 1 atom stereocenters. The SMILES string of the molecule is CCOC(=O)CC1=CC(C)CC(=O)N1Cc1ccc(OC)cc1OC. The van der Waals surface area contributed by atoms with E-state index in [-0.39, 0.29) is 24.2 Å². The summed E-state index contributed by atoms with van der Waals surface area (Å²) in [5.41, 5.74) is 1.53. The number of rotatable bonds is 7. The molecule has 1 aliphatic heterocycles. The van der Waals surface area contributed by atoms with E-state index in [0.29, 0.717) is 36.8 Å². The highest BCUT2D eigenvalue weighted by Gasteiger charge is 2.28. The molecule has 1 amide bonds. The number of hydrogen-bond donors (Lipinski definition) is 0. The Kier molecular flexibility index (Phi) is 6.44. The Labute approximate surface area is 148 Å². The average Bonchev–Trinajstić information content (AvgIpc) is 2.58. The number of nitrogens with zero attached hydrogens (tertiary/aromatic N) is 1. The Morgan fingerprint density at radius 3 is 2.68 bits per heavy atom. The minimum absolute atomic E-state index is 0.00725. The van der Waals surface area contributed by atoms with Gasteiger partial charge in [-0.2, -0.15) is 0 Å². The highest BCUT2D eigenvalue weighted by molar-refractivity contribution is 5.82. The number of amides is 1. The summed E-state index contributed by atoms with van der Waals surface area (Å²) < 4.78 is 15.6. The van der Waals surface area contributed by atoms with Gasteiger partial charge in [-0.05, 0) is 25.0 Å². The summed E-state index contributed by atoms with van der Waals surface area (Å²) in [5.74, 6) is 1.09. The summed E-state index contributed by atoms with van der Waals surface area (Å²) in [4.78, 5) is 26.1. The maximum Gasteiger partial charge on any atom is 0.311 e. The smallest absolute Gasteiger partial charge is 0.311 e. The van der Waals surface area contributed by atoms with Gasteiger partial charge in [0.1, 0.15) is 11.5 Å². The van der Waals surface area contributed by atoms with Crippen LogP contribution in [0.4, 0.5) is 0 Å². The Hall–Kier alpha value is -2.50. The predicted molar refractivity (Wildman–Crippen MR) is 93.2 cm³/mol. The molecular formula is C19H25NO5. The summed E-state index contributed by atoms with van der Waals surface area (Å²) >= 11 is 0. The highest BCUT2D eigenvalue weighted by Crippen LogP contribution is 2.30. The van der Waals surface area contributed by atoms with Gasteiger partial charge in [-0.25, -0.2) is 0 Å². The molecule has 0 N–H and O–H groups in total. The van der Waals surface area contributed by atoms with Crippen molar-refractivity contribution in [2.45, 2.75) is 33.2 Å². The van der Waals surface area contributed by atoms with Crippen LogP contribution < -0.4 is 9.47 Å². The molecule has 0 aliphatic carbocycles. The summed E-state index contributed by atoms with van der Waals surface area (Å²) in [7, 11) is 3.16. The normalized spacial score (nSPS) is 17.1. The predicted octanol–water partition coefficient (Wildman–Crippen LogP) is 2.91. The third kappa shape index (κ3) is 4.75. The van der Waals surface area contributed by atoms with Crippen LogP contribution in [0.2, 0.25) is 0 Å². The van der Waals surface area contributed by atoms with Gasteiger partial charge in [-0.3, -0.25) is 9.59 Å². The van der Waals surface area contributed by atoms with Crippen molar-refractivity contribution < 1.29 is 23.8 Å². The van der Waals surface area contributed by atoms with Gasteiger partial charge >= 0.3 is 5.97 Å². The highest BCUT2D eigenvalue weighted by atomic mass is 16.5. The number of ether oxygens (including phenoxy) is 3. The standard InChI is InChI=1S/C19H25NO5/c1-5-25-19(22)10-15-8-13(2)9-18(21)20(15)12-14-6-7-16(23-3)11-17(14)24-4/h6-8,11,13H,5,9-10,12H2,1-4H3. The number of carbonyl (C=O) groups is 2. The topological polar surface area (TPSA) is 65.1 Å². The summed E-state index contributed by atoms with van der Waals surface area (Å²) in [6.45, 7) is 4.39. The Balaban J connectivity index is 2.26. The lowest BCUT2D eigenvalue weighted by molar-refractivity contribution is -0.143. The molecule has 1 unspecified atom stereocenters. The van der Waals surface area contributed by atoms with Crippen LogP contribution >= 0.6 is 0 Å². The van der Waals surface area contributed by atoms with Gasteiger partial charge in [0.25, 0.3) is 0 Å². The van der Waals surface area contributed by atoms with Gasteiger partial charge in [0.2, 0.25) is 5.91 Å². The lowest BCUT2D eigenvalue weighted by Gasteiger charge is -2.31. The summed E-state index contributed by atoms with van der Waals surface area (Å²) in [5, 5.41) is 0. The number of esters is 1. The van der Waals surface area contributed by atoms with Gasteiger partial charge in [-0.1, -0.05) is 13.0 Å². The molecule has 0 saturated heterocycles. The van der Waals surface area contributed by atoms with Crippen molar-refractivity contribution >= 4 is 11.9 Å². The van der Waals surface area contributed by atoms with E-state index in [1.54, 1.807) is 32.1 Å². The van der Waals surface area contributed by atoms with E-state index < -0.39 is 0 Å². The zero-order chi connectivity index (χ0) is 18.4. The fraction of sp³-hybridized carbons (Fsp3) is 0.474. The molecule has 25 heavy (non-hydrogen) atoms. The van der Waals surface area contributed by atoms with Gasteiger partial charge in [-0.15, -0.1) is 0 Å². The summed E-state index contributed by atoms with van der Waals surface area (Å²) in [6, 6.07) is 5.47. The summed E-state index contributed by atoms with van der Waals surface area (Å²) in [6.07, 6.45) is 2.47. The lowest BCUT2D eigenvalue weighted by Crippen LogP contribution is -2.35. The quantitative estimate of drug-likeness (QED) is 0.710. The van der Waals surface area contributed by atoms with Gasteiger partial charge in [0.05, 0.1) is 33.8 Å². The van der Waals surface area contributed by atoms with Crippen LogP contribution in [0.3, 0.4) is 0 Å². The molecular weight excluding hydrogens is 322 g/mol. The number of benzene rings is 1. The van der Waals surface area contributed by atoms with Crippen molar-refractivity contribution in [2.75, 3.05) is 20.8 Å². The van der Waals surface area contributed by atoms with Crippen molar-refractivity contribution in [1.29, 1.82) is 0 Å². The molecule has 1 aliphatic rings. The molecule has 1 heterocycles. The average molecular weight is 347 g/mol. The van der Waals surface area contributed by atoms with Crippen molar-refractivity contribution in [1.82, 2.24) is 4.90 Å². The number of carbonyl (C=O) groups excluding carboxylic acids is 2. The van der Waals surface area contributed by atoms with Crippen molar-refractivity contribution in [3.05, 3.63) is 35.5 Å². The number of allylic oxidation sites excluding steroid dienone is 1. The third-order valence-electron chi connectivity index (χ3n) is 4.07. The molecule has 136 valence electrons. The molecule has 6 heteroatoms. The first-order valence-corrected chi connectivity index (χ1v) is 8.36. The van der Waals surface area contributed by atoms with Crippen LogP contribution in [0.15, 0.2) is 30.0 Å². The van der Waals surface area contributed by atoms with Crippen LogP contribution in [0, 0.1) is 5.92 Å². The minimum atomic E-state index is -0.331. The van der Waals surface area contributed by atoms with Gasteiger partial charge < -0.3 is 19.1 Å². The van der Waals surface area contributed by atoms with Crippen LogP contribution in [-0.4, -0.2) is 37.6 Å². The molecule has 0 aromatic heterocycles. The molecule has 1 aromatic carbocycles. The maximum atomic E-state index is 12.5. The van der Waals surface area contributed by atoms with E-state index in [1.165, 1.54) is 0 Å². The fourth-order valence-corrected chi connectivity index (χ4v) is 2.88. The first-order chi connectivity index (χ1) is 12.0. The molecule has 0 saturated carbocycles. The van der Waals surface area contributed by atoms with E-state index in [0.717, 1.165) is 5.56 Å². The molecule has 1 aromatic rings. The molecule has 0 bridgehead atoms.